The number of aromatic carboxylic acids is 1. The minimum atomic E-state index is -1.04. The Hall–Kier alpha value is -2.95. The maximum Gasteiger partial charge on any atom is 0.338 e. The molecule has 0 aliphatic carbocycles. The molecule has 3 N–H and O–H groups in total. The molecule has 5 rings (SSSR count). The predicted molar refractivity (Wildman–Crippen MR) is 114 cm³/mol. The van der Waals surface area contributed by atoms with Crippen LogP contribution in [0.1, 0.15) is 66.9 Å². The van der Waals surface area contributed by atoms with Gasteiger partial charge in [0.25, 0.3) is 11.8 Å². The van der Waals surface area contributed by atoms with E-state index in [9.17, 15) is 24.6 Å². The van der Waals surface area contributed by atoms with E-state index in [2.05, 4.69) is 5.32 Å². The van der Waals surface area contributed by atoms with E-state index in [-0.39, 0.29) is 41.8 Å². The molecular formula is C22H22N2O7S. The van der Waals surface area contributed by atoms with Crippen molar-refractivity contribution in [2.24, 2.45) is 0 Å². The lowest BCUT2D eigenvalue weighted by Crippen LogP contribution is -2.36. The maximum absolute atomic E-state index is 12.8. The zero-order valence-electron chi connectivity index (χ0n) is 17.1. The van der Waals surface area contributed by atoms with Crippen LogP contribution in [-0.4, -0.2) is 58.9 Å². The highest BCUT2D eigenvalue weighted by Gasteiger charge is 2.41. The second-order valence-corrected chi connectivity index (χ2v) is 9.04. The third-order valence-electron chi connectivity index (χ3n) is 6.01. The first-order chi connectivity index (χ1) is 15.5. The molecule has 2 aromatic rings. The van der Waals surface area contributed by atoms with Crippen LogP contribution >= 0.6 is 11.3 Å². The second-order valence-electron chi connectivity index (χ2n) is 7.98. The number of anilines is 1. The lowest BCUT2D eigenvalue weighted by atomic mass is 10.0. The summed E-state index contributed by atoms with van der Waals surface area (Å²) in [5.41, 5.74) is 1.01. The molecule has 2 amide bonds. The summed E-state index contributed by atoms with van der Waals surface area (Å²) >= 11 is 1.27. The summed E-state index contributed by atoms with van der Waals surface area (Å²) in [5, 5.41) is 23.7. The number of benzene rings is 1. The van der Waals surface area contributed by atoms with E-state index < -0.39 is 23.9 Å². The van der Waals surface area contributed by atoms with Gasteiger partial charge in [0.15, 0.2) is 0 Å². The van der Waals surface area contributed by atoms with Crippen LogP contribution in [0.4, 0.5) is 5.00 Å². The summed E-state index contributed by atoms with van der Waals surface area (Å²) in [6, 6.07) is 4.39. The molecule has 168 valence electrons. The highest BCUT2D eigenvalue weighted by atomic mass is 32.1. The molecule has 3 aliphatic heterocycles. The number of carbonyl (C=O) groups excluding carboxylic acids is 2. The SMILES string of the molecule is O=C(O)c1c(NC2CCCCO2)sc2c1CCOC2CN1C(=O)c2cccc(O)c2C1=O. The molecule has 1 aromatic carbocycles. The molecule has 1 saturated heterocycles. The quantitative estimate of drug-likeness (QED) is 0.584. The fourth-order valence-electron chi connectivity index (χ4n) is 4.48. The van der Waals surface area contributed by atoms with E-state index in [0.29, 0.717) is 28.5 Å². The van der Waals surface area contributed by atoms with Crippen molar-refractivity contribution in [1.82, 2.24) is 4.90 Å². The van der Waals surface area contributed by atoms with Crippen molar-refractivity contribution < 1.29 is 34.1 Å². The summed E-state index contributed by atoms with van der Waals surface area (Å²) in [5.74, 6) is -2.35. The number of nitrogens with one attached hydrogen (secondary N) is 1. The number of carboxylic acid groups (broad SMARTS) is 1. The molecule has 9 nitrogen and oxygen atoms in total. The Balaban J connectivity index is 1.44. The zero-order chi connectivity index (χ0) is 22.4. The number of phenols is 1. The average Bonchev–Trinajstić information content (AvgIpc) is 3.26. The molecular weight excluding hydrogens is 436 g/mol. The van der Waals surface area contributed by atoms with Gasteiger partial charge in [0.2, 0.25) is 0 Å². The highest BCUT2D eigenvalue weighted by molar-refractivity contribution is 7.16. The van der Waals surface area contributed by atoms with Crippen molar-refractivity contribution in [2.75, 3.05) is 25.1 Å². The van der Waals surface area contributed by atoms with Crippen LogP contribution in [0, 0.1) is 0 Å². The summed E-state index contributed by atoms with van der Waals surface area (Å²) in [4.78, 5) is 39.5. The number of thiophene rings is 1. The number of imide groups is 1. The predicted octanol–water partition coefficient (Wildman–Crippen LogP) is 3.00. The van der Waals surface area contributed by atoms with Crippen LogP contribution in [0.25, 0.3) is 0 Å². The first-order valence-electron chi connectivity index (χ1n) is 10.5. The molecule has 0 radical (unpaired) electrons. The van der Waals surface area contributed by atoms with Crippen LogP contribution < -0.4 is 5.32 Å². The number of phenolic OH excluding ortho intramolecular Hbond substituents is 1. The molecule has 3 aliphatic rings. The Morgan fingerprint density at radius 2 is 2.03 bits per heavy atom. The van der Waals surface area contributed by atoms with Crippen LogP contribution in [0.5, 0.6) is 5.75 Å². The fourth-order valence-corrected chi connectivity index (χ4v) is 5.81. The van der Waals surface area contributed by atoms with Gasteiger partial charge in [-0.2, -0.15) is 0 Å². The maximum atomic E-state index is 12.8. The number of nitrogens with zero attached hydrogens (tertiary/aromatic N) is 1. The van der Waals surface area contributed by atoms with E-state index in [1.165, 1.54) is 29.5 Å². The minimum absolute atomic E-state index is 0.0114. The number of carbonyl (C=O) groups is 3. The molecule has 4 heterocycles. The van der Waals surface area contributed by atoms with Gasteiger partial charge < -0.3 is 25.0 Å². The van der Waals surface area contributed by atoms with Crippen molar-refractivity contribution in [2.45, 2.75) is 38.0 Å². The van der Waals surface area contributed by atoms with E-state index >= 15 is 0 Å². The minimum Gasteiger partial charge on any atom is -0.507 e. The number of carboxylic acids is 1. The Morgan fingerprint density at radius 1 is 1.19 bits per heavy atom. The summed E-state index contributed by atoms with van der Waals surface area (Å²) in [6.07, 6.45) is 2.31. The lowest BCUT2D eigenvalue weighted by Gasteiger charge is -2.26. The number of fused-ring (bicyclic) bond motifs is 2. The van der Waals surface area contributed by atoms with Gasteiger partial charge >= 0.3 is 5.97 Å². The molecule has 2 atom stereocenters. The van der Waals surface area contributed by atoms with Crippen LogP contribution in [0.15, 0.2) is 18.2 Å². The van der Waals surface area contributed by atoms with E-state index in [4.69, 9.17) is 9.47 Å². The van der Waals surface area contributed by atoms with Gasteiger partial charge in [-0.1, -0.05) is 6.07 Å². The number of hydrogen-bond donors (Lipinski definition) is 3. The van der Waals surface area contributed by atoms with Crippen molar-refractivity contribution in [1.29, 1.82) is 0 Å². The fraction of sp³-hybridized carbons (Fsp3) is 0.409. The first-order valence-corrected chi connectivity index (χ1v) is 11.3. The van der Waals surface area contributed by atoms with Crippen LogP contribution in [0.3, 0.4) is 0 Å². The largest absolute Gasteiger partial charge is 0.507 e. The number of ether oxygens (including phenoxy) is 2. The van der Waals surface area contributed by atoms with Crippen LogP contribution in [0.2, 0.25) is 0 Å². The monoisotopic (exact) mass is 458 g/mol. The molecule has 10 heteroatoms. The number of rotatable bonds is 5. The number of hydrogen-bond acceptors (Lipinski definition) is 8. The molecule has 1 aromatic heterocycles. The first kappa shape index (κ1) is 20.9. The third kappa shape index (κ3) is 3.44. The van der Waals surface area contributed by atoms with Gasteiger partial charge in [0, 0.05) is 11.5 Å². The van der Waals surface area contributed by atoms with Gasteiger partial charge in [0.1, 0.15) is 23.1 Å². The summed E-state index contributed by atoms with van der Waals surface area (Å²) in [6.45, 7) is 0.851. The van der Waals surface area contributed by atoms with Crippen molar-refractivity contribution >= 4 is 34.1 Å². The van der Waals surface area contributed by atoms with Crippen molar-refractivity contribution in [3.05, 3.63) is 45.3 Å². The van der Waals surface area contributed by atoms with E-state index in [1.54, 1.807) is 0 Å². The zero-order valence-corrected chi connectivity index (χ0v) is 17.9. The average molecular weight is 458 g/mol. The smallest absolute Gasteiger partial charge is 0.338 e. The van der Waals surface area contributed by atoms with Crippen molar-refractivity contribution in [3.8, 4) is 5.75 Å². The molecule has 0 spiro atoms. The highest BCUT2D eigenvalue weighted by Crippen LogP contribution is 2.43. The molecule has 32 heavy (non-hydrogen) atoms. The summed E-state index contributed by atoms with van der Waals surface area (Å²) < 4.78 is 11.6. The van der Waals surface area contributed by atoms with Gasteiger partial charge in [-0.3, -0.25) is 14.5 Å². The number of amides is 2. The van der Waals surface area contributed by atoms with Gasteiger partial charge in [-0.15, -0.1) is 11.3 Å². The topological polar surface area (TPSA) is 125 Å². The Labute approximate surface area is 187 Å². The summed E-state index contributed by atoms with van der Waals surface area (Å²) in [7, 11) is 0. The van der Waals surface area contributed by atoms with E-state index in [0.717, 1.165) is 24.2 Å². The van der Waals surface area contributed by atoms with Crippen molar-refractivity contribution in [3.63, 3.8) is 0 Å². The van der Waals surface area contributed by atoms with Gasteiger partial charge in [-0.25, -0.2) is 4.79 Å². The standard InChI is InChI=1S/C22H22N2O7S/c25-13-5-3-4-12-16(13)21(27)24(20(12)26)10-14-18-11(7-9-30-14)17(22(28)29)19(32-18)23-15-6-1-2-8-31-15/h3-5,14-15,23,25H,1-2,6-10H2,(H,28,29). The second kappa shape index (κ2) is 8.19. The van der Waals surface area contributed by atoms with Gasteiger partial charge in [0.05, 0.1) is 29.8 Å². The molecule has 1 fully saturated rings. The molecule has 0 bridgehead atoms. The van der Waals surface area contributed by atoms with Crippen LogP contribution in [-0.2, 0) is 15.9 Å². The number of aromatic hydroxyl groups is 1. The Morgan fingerprint density at radius 3 is 2.75 bits per heavy atom. The molecule has 2 unspecified atom stereocenters. The molecule has 0 saturated carbocycles. The van der Waals surface area contributed by atoms with Gasteiger partial charge in [-0.05, 0) is 43.4 Å². The Kier molecular flexibility index (Phi) is 5.36. The third-order valence-corrected chi connectivity index (χ3v) is 7.27. The lowest BCUT2D eigenvalue weighted by molar-refractivity contribution is 0.0188. The van der Waals surface area contributed by atoms with E-state index in [1.807, 2.05) is 0 Å². The normalized spacial score (nSPS) is 22.6. The Bertz CT molecular complexity index is 1110.